The summed E-state index contributed by atoms with van der Waals surface area (Å²) in [6, 6.07) is 12.3. The van der Waals surface area contributed by atoms with E-state index in [4.69, 9.17) is 23.2 Å². The van der Waals surface area contributed by atoms with Crippen LogP contribution in [0.4, 0.5) is 11.6 Å². The molecule has 38 heavy (non-hydrogen) atoms. The van der Waals surface area contributed by atoms with Crippen molar-refractivity contribution in [2.75, 3.05) is 17.2 Å². The number of nitrogens with zero attached hydrogens (tertiary/aromatic N) is 3. The molecule has 1 aromatic heterocycles. The van der Waals surface area contributed by atoms with Crippen LogP contribution in [0, 0.1) is 0 Å². The Hall–Kier alpha value is -2.40. The molecule has 1 N–H and O–H groups in total. The van der Waals surface area contributed by atoms with Crippen LogP contribution in [0.5, 0.6) is 0 Å². The summed E-state index contributed by atoms with van der Waals surface area (Å²) in [4.78, 5) is 31.3. The molecule has 1 aliphatic rings. The van der Waals surface area contributed by atoms with Crippen molar-refractivity contribution in [1.82, 2.24) is 14.9 Å². The van der Waals surface area contributed by atoms with E-state index in [1.165, 1.54) is 15.7 Å². The highest BCUT2D eigenvalue weighted by molar-refractivity contribution is 9.10. The van der Waals surface area contributed by atoms with Crippen molar-refractivity contribution in [1.29, 1.82) is 0 Å². The van der Waals surface area contributed by atoms with E-state index in [1.807, 2.05) is 24.3 Å². The lowest BCUT2D eigenvalue weighted by Gasteiger charge is -2.26. The molecule has 0 radical (unpaired) electrons. The lowest BCUT2D eigenvalue weighted by atomic mass is 9.92. The first-order valence-electron chi connectivity index (χ1n) is 12.1. The maximum Gasteiger partial charge on any atom is 0.260 e. The Morgan fingerprint density at radius 1 is 1.11 bits per heavy atom. The van der Waals surface area contributed by atoms with Gasteiger partial charge in [-0.1, -0.05) is 58.2 Å². The highest BCUT2D eigenvalue weighted by Gasteiger charge is 2.51. The topological polar surface area (TPSA) is 101 Å². The van der Waals surface area contributed by atoms with Crippen molar-refractivity contribution < 1.29 is 18.0 Å². The maximum absolute atomic E-state index is 14.0. The van der Waals surface area contributed by atoms with E-state index in [1.54, 1.807) is 32.0 Å². The van der Waals surface area contributed by atoms with Crippen LogP contribution in [0.25, 0.3) is 0 Å². The molecule has 1 atom stereocenters. The van der Waals surface area contributed by atoms with Crippen LogP contribution < -0.4 is 10.2 Å². The van der Waals surface area contributed by atoms with Gasteiger partial charge in [0.25, 0.3) is 5.91 Å². The third kappa shape index (κ3) is 5.78. The largest absolute Gasteiger partial charge is 0.356 e. The van der Waals surface area contributed by atoms with E-state index in [9.17, 15) is 18.0 Å². The van der Waals surface area contributed by atoms with Crippen LogP contribution in [0.15, 0.2) is 58.2 Å². The molecule has 0 bridgehead atoms. The number of aromatic nitrogens is 2. The minimum atomic E-state index is -3.81. The average Bonchev–Trinajstić information content (AvgIpc) is 3.38. The minimum absolute atomic E-state index is 0.0336. The number of halogens is 3. The van der Waals surface area contributed by atoms with Gasteiger partial charge in [0.2, 0.25) is 11.9 Å². The van der Waals surface area contributed by atoms with Crippen molar-refractivity contribution >= 4 is 72.4 Å². The van der Waals surface area contributed by atoms with Crippen LogP contribution in [0.3, 0.4) is 0 Å². The minimum Gasteiger partial charge on any atom is -0.356 e. The molecule has 2 aromatic carbocycles. The van der Waals surface area contributed by atoms with Crippen LogP contribution in [-0.4, -0.2) is 42.1 Å². The zero-order valence-electron chi connectivity index (χ0n) is 20.9. The first-order chi connectivity index (χ1) is 18.0. The highest BCUT2D eigenvalue weighted by atomic mass is 79.9. The fraction of sp³-hybridized carbons (Fsp3) is 0.346. The predicted molar refractivity (Wildman–Crippen MR) is 152 cm³/mol. The van der Waals surface area contributed by atoms with Crippen LogP contribution in [0.2, 0.25) is 10.0 Å². The summed E-state index contributed by atoms with van der Waals surface area (Å²) >= 11 is 15.9. The number of fused-ring (bicyclic) bond motifs is 1. The van der Waals surface area contributed by atoms with E-state index in [-0.39, 0.29) is 35.0 Å². The Bertz CT molecular complexity index is 1460. The van der Waals surface area contributed by atoms with E-state index >= 15 is 0 Å². The molecule has 2 amide bonds. The highest BCUT2D eigenvalue weighted by Crippen LogP contribution is 2.44. The van der Waals surface area contributed by atoms with Gasteiger partial charge in [0, 0.05) is 33.9 Å². The number of carbonyl (C=O) groups excluding carboxylic acids is 2. The van der Waals surface area contributed by atoms with Crippen molar-refractivity contribution in [3.63, 3.8) is 0 Å². The zero-order valence-corrected chi connectivity index (χ0v) is 24.8. The third-order valence-corrected chi connectivity index (χ3v) is 9.15. The van der Waals surface area contributed by atoms with E-state index < -0.39 is 15.4 Å². The monoisotopic (exact) mass is 640 g/mol. The number of sulfone groups is 1. The first kappa shape index (κ1) is 28.6. The second-order valence-corrected chi connectivity index (χ2v) is 13.2. The second kappa shape index (κ2) is 11.4. The molecule has 0 saturated heterocycles. The molecule has 3 aromatic rings. The molecule has 4 rings (SSSR count). The summed E-state index contributed by atoms with van der Waals surface area (Å²) in [5.41, 5.74) is -0.0365. The van der Waals surface area contributed by atoms with Crippen LogP contribution in [-0.2, 0) is 31.4 Å². The summed E-state index contributed by atoms with van der Waals surface area (Å²) in [7, 11) is -3.81. The predicted octanol–water partition coefficient (Wildman–Crippen LogP) is 5.67. The van der Waals surface area contributed by atoms with Crippen molar-refractivity contribution in [3.8, 4) is 0 Å². The Kier molecular flexibility index (Phi) is 8.56. The van der Waals surface area contributed by atoms with Crippen LogP contribution >= 0.6 is 39.1 Å². The number of carbonyl (C=O) groups is 2. The normalized spacial score (nSPS) is 17.1. The van der Waals surface area contributed by atoms with Gasteiger partial charge in [-0.2, -0.15) is 0 Å². The lowest BCUT2D eigenvalue weighted by molar-refractivity contribution is -0.124. The van der Waals surface area contributed by atoms with Gasteiger partial charge in [-0.15, -0.1) is 0 Å². The second-order valence-electron chi connectivity index (χ2n) is 9.31. The molecule has 2 heterocycles. The molecule has 8 nitrogen and oxygen atoms in total. The molecule has 1 aliphatic heterocycles. The van der Waals surface area contributed by atoms with Gasteiger partial charge in [0.1, 0.15) is 5.54 Å². The average molecular weight is 642 g/mol. The van der Waals surface area contributed by atoms with E-state index in [2.05, 4.69) is 26.2 Å². The molecule has 0 unspecified atom stereocenters. The summed E-state index contributed by atoms with van der Waals surface area (Å²) < 4.78 is 29.4. The van der Waals surface area contributed by atoms with Gasteiger partial charge in [0.15, 0.2) is 14.9 Å². The number of nitrogens with one attached hydrogen (secondary N) is 1. The molecular formula is C26H27BrCl2N4O4S. The fourth-order valence-electron chi connectivity index (χ4n) is 4.53. The Balaban J connectivity index is 1.73. The number of hydrogen-bond acceptors (Lipinski definition) is 5. The summed E-state index contributed by atoms with van der Waals surface area (Å²) in [5.74, 6) is -0.390. The van der Waals surface area contributed by atoms with E-state index in [0.29, 0.717) is 41.5 Å². The number of unbranched alkanes of at least 4 members (excludes halogenated alkanes) is 1. The first-order valence-corrected chi connectivity index (χ1v) is 15.3. The lowest BCUT2D eigenvalue weighted by Crippen LogP contribution is -2.42. The molecule has 0 saturated carbocycles. The number of imidazole rings is 1. The molecule has 0 spiro atoms. The standard InChI is InChI=1S/C26H27BrCl2N4O4S/c1-3-22(34)30-10-4-5-11-38(36,37)23-16-31-25-32(21-13-19(28)12-20(29)14-21)24(35)26(2,33(23)25)15-17-6-8-18(27)9-7-17/h6-9,12-14,16H,3-5,10-11,15H2,1-2H3,(H,30,34)/t26-/m1/s1. The van der Waals surface area contributed by atoms with Gasteiger partial charge >= 0.3 is 0 Å². The Labute approximate surface area is 240 Å². The summed E-state index contributed by atoms with van der Waals surface area (Å²) in [6.07, 6.45) is 2.76. The zero-order chi connectivity index (χ0) is 27.7. The van der Waals surface area contributed by atoms with Crippen molar-refractivity contribution in [2.24, 2.45) is 0 Å². The van der Waals surface area contributed by atoms with Crippen LogP contribution in [0.1, 0.15) is 38.7 Å². The molecule has 202 valence electrons. The number of rotatable bonds is 10. The van der Waals surface area contributed by atoms with Gasteiger partial charge in [0.05, 0.1) is 17.6 Å². The Morgan fingerprint density at radius 3 is 2.39 bits per heavy atom. The summed E-state index contributed by atoms with van der Waals surface area (Å²) in [5, 5.41) is 3.39. The van der Waals surface area contributed by atoms with Gasteiger partial charge in [-0.3, -0.25) is 14.2 Å². The van der Waals surface area contributed by atoms with Gasteiger partial charge in [-0.05, 0) is 55.7 Å². The molecule has 12 heteroatoms. The number of amides is 2. The van der Waals surface area contributed by atoms with Crippen molar-refractivity contribution in [2.45, 2.75) is 50.1 Å². The SMILES string of the molecule is CCC(=O)NCCCCS(=O)(=O)c1cnc2n1[C@](C)(Cc1ccc(Br)cc1)C(=O)N2c1cc(Cl)cc(Cl)c1. The maximum atomic E-state index is 14.0. The quantitative estimate of drug-likeness (QED) is 0.288. The fourth-order valence-corrected chi connectivity index (χ4v) is 6.87. The van der Waals surface area contributed by atoms with E-state index in [0.717, 1.165) is 10.0 Å². The van der Waals surface area contributed by atoms with Gasteiger partial charge < -0.3 is 5.32 Å². The number of hydrogen-bond donors (Lipinski definition) is 1. The Morgan fingerprint density at radius 2 is 1.76 bits per heavy atom. The molecular weight excluding hydrogens is 615 g/mol. The van der Waals surface area contributed by atoms with Gasteiger partial charge in [-0.25, -0.2) is 18.3 Å². The third-order valence-electron chi connectivity index (χ3n) is 6.44. The molecule has 0 fully saturated rings. The molecule has 0 aliphatic carbocycles. The smallest absolute Gasteiger partial charge is 0.260 e. The number of anilines is 2. The summed E-state index contributed by atoms with van der Waals surface area (Å²) in [6.45, 7) is 3.87. The van der Waals surface area contributed by atoms with Crippen molar-refractivity contribution in [3.05, 3.63) is 68.7 Å². The number of benzene rings is 2.